The van der Waals surface area contributed by atoms with Crippen LogP contribution < -0.4 is 9.64 Å². The zero-order valence-corrected chi connectivity index (χ0v) is 13.3. The monoisotopic (exact) mass is 317 g/mol. The van der Waals surface area contributed by atoms with E-state index < -0.39 is 12.6 Å². The number of carboxylic acids is 1. The molecule has 0 saturated carbocycles. The van der Waals surface area contributed by atoms with Crippen LogP contribution in [0.4, 0.5) is 5.69 Å². The van der Waals surface area contributed by atoms with Crippen LogP contribution in [0.5, 0.6) is 5.75 Å². The summed E-state index contributed by atoms with van der Waals surface area (Å²) in [5.74, 6) is -0.761. The Kier molecular flexibility index (Phi) is 5.00. The van der Waals surface area contributed by atoms with Crippen molar-refractivity contribution in [1.82, 2.24) is 9.78 Å². The van der Waals surface area contributed by atoms with E-state index in [1.165, 1.54) is 4.90 Å². The fourth-order valence-corrected chi connectivity index (χ4v) is 2.16. The second kappa shape index (κ2) is 6.95. The minimum absolute atomic E-state index is 0.161. The van der Waals surface area contributed by atoms with E-state index >= 15 is 0 Å². The number of carbonyl (C=O) groups excluding carboxylic acids is 1. The third-order valence-electron chi connectivity index (χ3n) is 3.31. The molecule has 2 rings (SSSR count). The quantitative estimate of drug-likeness (QED) is 0.880. The van der Waals surface area contributed by atoms with Crippen molar-refractivity contribution in [2.75, 3.05) is 18.6 Å². The Balaban J connectivity index is 2.14. The Morgan fingerprint density at radius 2 is 1.96 bits per heavy atom. The second-order valence-corrected chi connectivity index (χ2v) is 5.03. The van der Waals surface area contributed by atoms with E-state index in [1.807, 2.05) is 13.8 Å². The van der Waals surface area contributed by atoms with Gasteiger partial charge in [0.2, 0.25) is 0 Å². The highest BCUT2D eigenvalue weighted by Crippen LogP contribution is 2.20. The molecule has 1 amide bonds. The van der Waals surface area contributed by atoms with Crippen LogP contribution in [0.1, 0.15) is 23.1 Å². The summed E-state index contributed by atoms with van der Waals surface area (Å²) in [6.07, 6.45) is 0. The first-order valence-electron chi connectivity index (χ1n) is 7.19. The van der Waals surface area contributed by atoms with Crippen LogP contribution in [0.2, 0.25) is 0 Å². The largest absolute Gasteiger partial charge is 0.482 e. The molecule has 0 saturated heterocycles. The summed E-state index contributed by atoms with van der Waals surface area (Å²) in [7, 11) is 1.68. The summed E-state index contributed by atoms with van der Waals surface area (Å²) in [5, 5.41) is 12.9. The lowest BCUT2D eigenvalue weighted by Crippen LogP contribution is -2.28. The molecule has 2 aromatic rings. The Hall–Kier alpha value is -2.83. The van der Waals surface area contributed by atoms with E-state index in [1.54, 1.807) is 42.1 Å². The summed E-state index contributed by atoms with van der Waals surface area (Å²) in [6.45, 7) is 3.99. The number of carbonyl (C=O) groups is 2. The van der Waals surface area contributed by atoms with Crippen LogP contribution in [0.3, 0.4) is 0 Å². The molecular weight excluding hydrogens is 298 g/mol. The summed E-state index contributed by atoms with van der Waals surface area (Å²) < 4.78 is 6.74. The lowest BCUT2D eigenvalue weighted by atomic mass is 10.2. The SMILES string of the molecule is CCn1nc(C)cc1C(=O)N(C)c1ccc(OCC(=O)O)cc1. The fraction of sp³-hybridized carbons (Fsp3) is 0.312. The van der Waals surface area contributed by atoms with Gasteiger partial charge in [-0.3, -0.25) is 9.48 Å². The maximum Gasteiger partial charge on any atom is 0.341 e. The molecule has 0 radical (unpaired) electrons. The van der Waals surface area contributed by atoms with Gasteiger partial charge >= 0.3 is 5.97 Å². The lowest BCUT2D eigenvalue weighted by Gasteiger charge is -2.18. The number of amides is 1. The number of hydrogen-bond donors (Lipinski definition) is 1. The maximum atomic E-state index is 12.6. The van der Waals surface area contributed by atoms with Gasteiger partial charge in [0.1, 0.15) is 11.4 Å². The molecule has 0 spiro atoms. The Morgan fingerprint density at radius 1 is 1.30 bits per heavy atom. The molecule has 1 heterocycles. The van der Waals surface area contributed by atoms with E-state index in [-0.39, 0.29) is 5.91 Å². The molecule has 7 nitrogen and oxygen atoms in total. The molecule has 23 heavy (non-hydrogen) atoms. The number of hydrogen-bond acceptors (Lipinski definition) is 4. The van der Waals surface area contributed by atoms with Crippen LogP contribution in [0.25, 0.3) is 0 Å². The highest BCUT2D eigenvalue weighted by Gasteiger charge is 2.18. The smallest absolute Gasteiger partial charge is 0.341 e. The average molecular weight is 317 g/mol. The number of aromatic nitrogens is 2. The van der Waals surface area contributed by atoms with Gasteiger partial charge in [-0.15, -0.1) is 0 Å². The van der Waals surface area contributed by atoms with Gasteiger partial charge in [0, 0.05) is 19.3 Å². The van der Waals surface area contributed by atoms with Gasteiger partial charge in [-0.1, -0.05) is 0 Å². The van der Waals surface area contributed by atoms with E-state index in [4.69, 9.17) is 9.84 Å². The van der Waals surface area contributed by atoms with Crippen LogP contribution in [-0.2, 0) is 11.3 Å². The van der Waals surface area contributed by atoms with Crippen molar-refractivity contribution in [3.05, 3.63) is 41.7 Å². The number of benzene rings is 1. The van der Waals surface area contributed by atoms with E-state index in [2.05, 4.69) is 5.10 Å². The van der Waals surface area contributed by atoms with Gasteiger partial charge in [-0.25, -0.2) is 4.79 Å². The third kappa shape index (κ3) is 3.88. The number of aliphatic carboxylic acids is 1. The summed E-state index contributed by atoms with van der Waals surface area (Å²) in [6, 6.07) is 8.42. The summed E-state index contributed by atoms with van der Waals surface area (Å²) in [4.78, 5) is 24.6. The summed E-state index contributed by atoms with van der Waals surface area (Å²) in [5.41, 5.74) is 2.00. The first kappa shape index (κ1) is 16.5. The molecule has 0 aliphatic rings. The molecule has 0 bridgehead atoms. The molecule has 0 aliphatic carbocycles. The minimum atomic E-state index is -1.04. The van der Waals surface area contributed by atoms with Gasteiger partial charge in [0.05, 0.1) is 5.69 Å². The van der Waals surface area contributed by atoms with Crippen LogP contribution >= 0.6 is 0 Å². The first-order valence-corrected chi connectivity index (χ1v) is 7.19. The highest BCUT2D eigenvalue weighted by atomic mass is 16.5. The minimum Gasteiger partial charge on any atom is -0.482 e. The highest BCUT2D eigenvalue weighted by molar-refractivity contribution is 6.04. The van der Waals surface area contributed by atoms with E-state index in [0.717, 1.165) is 5.69 Å². The Bertz CT molecular complexity index is 707. The molecule has 122 valence electrons. The molecule has 0 aliphatic heterocycles. The van der Waals surface area contributed by atoms with Crippen LogP contribution in [0.15, 0.2) is 30.3 Å². The number of rotatable bonds is 6. The molecule has 7 heteroatoms. The van der Waals surface area contributed by atoms with Crippen LogP contribution in [-0.4, -0.2) is 40.4 Å². The zero-order chi connectivity index (χ0) is 17.0. The Labute approximate surface area is 134 Å². The average Bonchev–Trinajstić information content (AvgIpc) is 2.93. The van der Waals surface area contributed by atoms with E-state index in [9.17, 15) is 9.59 Å². The Morgan fingerprint density at radius 3 is 2.52 bits per heavy atom. The van der Waals surface area contributed by atoms with Crippen molar-refractivity contribution < 1.29 is 19.4 Å². The molecule has 0 unspecified atom stereocenters. The number of anilines is 1. The van der Waals surface area contributed by atoms with Crippen molar-refractivity contribution in [3.63, 3.8) is 0 Å². The number of ether oxygens (including phenoxy) is 1. The zero-order valence-electron chi connectivity index (χ0n) is 13.3. The molecule has 0 fully saturated rings. The van der Waals surface area contributed by atoms with Gasteiger partial charge in [-0.05, 0) is 44.2 Å². The van der Waals surface area contributed by atoms with Gasteiger partial charge in [0.25, 0.3) is 5.91 Å². The van der Waals surface area contributed by atoms with Crippen molar-refractivity contribution in [2.45, 2.75) is 20.4 Å². The first-order chi connectivity index (χ1) is 10.9. The fourth-order valence-electron chi connectivity index (χ4n) is 2.16. The molecular formula is C16H19N3O4. The molecule has 1 aromatic carbocycles. The predicted molar refractivity (Wildman–Crippen MR) is 84.9 cm³/mol. The summed E-state index contributed by atoms with van der Waals surface area (Å²) >= 11 is 0. The molecule has 1 N–H and O–H groups in total. The van der Waals surface area contributed by atoms with Gasteiger partial charge < -0.3 is 14.7 Å². The molecule has 0 atom stereocenters. The van der Waals surface area contributed by atoms with Crippen molar-refractivity contribution in [3.8, 4) is 5.75 Å². The van der Waals surface area contributed by atoms with Crippen LogP contribution in [0, 0.1) is 6.92 Å². The number of aryl methyl sites for hydroxylation is 2. The topological polar surface area (TPSA) is 84.7 Å². The number of carboxylic acid groups (broad SMARTS) is 1. The van der Waals surface area contributed by atoms with Gasteiger partial charge in [0.15, 0.2) is 6.61 Å². The van der Waals surface area contributed by atoms with Crippen molar-refractivity contribution in [2.24, 2.45) is 0 Å². The third-order valence-corrected chi connectivity index (χ3v) is 3.31. The lowest BCUT2D eigenvalue weighted by molar-refractivity contribution is -0.139. The number of nitrogens with zero attached hydrogens (tertiary/aromatic N) is 3. The van der Waals surface area contributed by atoms with Crippen molar-refractivity contribution >= 4 is 17.6 Å². The molecule has 1 aromatic heterocycles. The van der Waals surface area contributed by atoms with Crippen molar-refractivity contribution in [1.29, 1.82) is 0 Å². The predicted octanol–water partition coefficient (Wildman–Crippen LogP) is 1.95. The maximum absolute atomic E-state index is 12.6. The second-order valence-electron chi connectivity index (χ2n) is 5.03. The van der Waals surface area contributed by atoms with Gasteiger partial charge in [-0.2, -0.15) is 5.10 Å². The normalized spacial score (nSPS) is 10.4. The standard InChI is InChI=1S/C16H19N3O4/c1-4-19-14(9-11(2)17-19)16(22)18(3)12-5-7-13(8-6-12)23-10-15(20)21/h5-9H,4,10H2,1-3H3,(H,20,21). The van der Waals surface area contributed by atoms with E-state index in [0.29, 0.717) is 23.7 Å².